The van der Waals surface area contributed by atoms with E-state index in [1.54, 1.807) is 13.0 Å². The van der Waals surface area contributed by atoms with Crippen LogP contribution < -0.4 is 15.2 Å². The molecule has 1 saturated carbocycles. The maximum atomic E-state index is 12.6. The highest BCUT2D eigenvalue weighted by molar-refractivity contribution is 7.92. The zero-order valence-electron chi connectivity index (χ0n) is 13.7. The molecule has 1 aliphatic heterocycles. The average Bonchev–Trinajstić information content (AvgIpc) is 3.04. The molecule has 1 aromatic rings. The van der Waals surface area contributed by atoms with Gasteiger partial charge in [0, 0.05) is 18.3 Å². The molecule has 0 amide bonds. The first-order valence-electron chi connectivity index (χ1n) is 7.87. The lowest BCUT2D eigenvalue weighted by atomic mass is 9.99. The Hall–Kier alpha value is -1.38. The van der Waals surface area contributed by atoms with Gasteiger partial charge in [-0.2, -0.15) is 0 Å². The Morgan fingerprint density at radius 2 is 2.08 bits per heavy atom. The van der Waals surface area contributed by atoms with Gasteiger partial charge in [0.2, 0.25) is 6.79 Å². The Kier molecular flexibility index (Phi) is 4.48. The SMILES string of the molecule is CCOC[C@@]1(C(N)=S)[C@@H](c2ccc3c(c2)OCO3)[C@@H]1S(=O)(=O)CC. The first-order chi connectivity index (χ1) is 11.4. The molecule has 0 unspecified atom stereocenters. The normalized spacial score (nSPS) is 27.9. The van der Waals surface area contributed by atoms with Crippen LogP contribution in [0.3, 0.4) is 0 Å². The van der Waals surface area contributed by atoms with Crippen molar-refractivity contribution in [1.82, 2.24) is 0 Å². The Bertz CT molecular complexity index is 764. The lowest BCUT2D eigenvalue weighted by molar-refractivity contribution is 0.121. The number of rotatable bonds is 7. The minimum Gasteiger partial charge on any atom is -0.454 e. The maximum Gasteiger partial charge on any atom is 0.231 e. The van der Waals surface area contributed by atoms with Gasteiger partial charge in [0.15, 0.2) is 21.3 Å². The molecule has 24 heavy (non-hydrogen) atoms. The van der Waals surface area contributed by atoms with Gasteiger partial charge in [0.05, 0.1) is 22.3 Å². The summed E-state index contributed by atoms with van der Waals surface area (Å²) < 4.78 is 41.5. The summed E-state index contributed by atoms with van der Waals surface area (Å²) in [5.74, 6) is 0.969. The Labute approximate surface area is 147 Å². The number of benzene rings is 1. The zero-order chi connectivity index (χ0) is 17.5. The van der Waals surface area contributed by atoms with Gasteiger partial charge < -0.3 is 19.9 Å². The molecule has 2 N–H and O–H groups in total. The van der Waals surface area contributed by atoms with Crippen molar-refractivity contribution in [1.29, 1.82) is 0 Å². The summed E-state index contributed by atoms with van der Waals surface area (Å²) in [6.07, 6.45) is 0. The monoisotopic (exact) mass is 371 g/mol. The summed E-state index contributed by atoms with van der Waals surface area (Å²) in [4.78, 5) is 0.181. The van der Waals surface area contributed by atoms with Crippen LogP contribution in [0.4, 0.5) is 0 Å². The van der Waals surface area contributed by atoms with E-state index < -0.39 is 20.5 Å². The second kappa shape index (κ2) is 6.16. The maximum absolute atomic E-state index is 12.6. The summed E-state index contributed by atoms with van der Waals surface area (Å²) in [6.45, 7) is 4.32. The molecule has 3 atom stereocenters. The highest BCUT2D eigenvalue weighted by atomic mass is 32.2. The summed E-state index contributed by atoms with van der Waals surface area (Å²) in [7, 11) is -3.34. The largest absolute Gasteiger partial charge is 0.454 e. The van der Waals surface area contributed by atoms with Crippen molar-refractivity contribution in [3.8, 4) is 11.5 Å². The van der Waals surface area contributed by atoms with Crippen molar-refractivity contribution in [3.63, 3.8) is 0 Å². The summed E-state index contributed by atoms with van der Waals surface area (Å²) >= 11 is 5.26. The van der Waals surface area contributed by atoms with Crippen molar-refractivity contribution >= 4 is 27.0 Å². The van der Waals surface area contributed by atoms with Crippen molar-refractivity contribution < 1.29 is 22.6 Å². The quantitative estimate of drug-likeness (QED) is 0.729. The van der Waals surface area contributed by atoms with Crippen LogP contribution >= 0.6 is 12.2 Å². The van der Waals surface area contributed by atoms with Crippen LogP contribution in [0.5, 0.6) is 11.5 Å². The van der Waals surface area contributed by atoms with Gasteiger partial charge in [-0.05, 0) is 24.6 Å². The molecule has 8 heteroatoms. The molecule has 0 spiro atoms. The molecule has 2 aliphatic rings. The number of nitrogens with two attached hydrogens (primary N) is 1. The van der Waals surface area contributed by atoms with Gasteiger partial charge in [-0.15, -0.1) is 0 Å². The minimum absolute atomic E-state index is 0.0369. The molecule has 0 radical (unpaired) electrons. The molecule has 0 bridgehead atoms. The van der Waals surface area contributed by atoms with Crippen molar-refractivity contribution in [2.24, 2.45) is 11.1 Å². The second-order valence-electron chi connectivity index (χ2n) is 6.00. The molecule has 6 nitrogen and oxygen atoms in total. The third-order valence-electron chi connectivity index (χ3n) is 4.81. The van der Waals surface area contributed by atoms with Crippen LogP contribution in [-0.4, -0.2) is 44.4 Å². The predicted molar refractivity (Wildman–Crippen MR) is 94.3 cm³/mol. The van der Waals surface area contributed by atoms with E-state index in [-0.39, 0.29) is 30.1 Å². The van der Waals surface area contributed by atoms with Gasteiger partial charge in [-0.1, -0.05) is 25.2 Å². The topological polar surface area (TPSA) is 87.8 Å². The first-order valence-corrected chi connectivity index (χ1v) is 9.99. The number of sulfone groups is 1. The van der Waals surface area contributed by atoms with Crippen LogP contribution in [0.1, 0.15) is 25.3 Å². The highest BCUT2D eigenvalue weighted by Gasteiger charge is 2.72. The minimum atomic E-state index is -3.34. The van der Waals surface area contributed by atoms with E-state index in [1.165, 1.54) is 0 Å². The zero-order valence-corrected chi connectivity index (χ0v) is 15.3. The van der Waals surface area contributed by atoms with Crippen LogP contribution in [0.25, 0.3) is 0 Å². The van der Waals surface area contributed by atoms with E-state index in [1.807, 2.05) is 19.1 Å². The van der Waals surface area contributed by atoms with Crippen LogP contribution in [0.2, 0.25) is 0 Å². The number of hydrogen-bond acceptors (Lipinski definition) is 6. The van der Waals surface area contributed by atoms with Gasteiger partial charge in [-0.25, -0.2) is 8.42 Å². The van der Waals surface area contributed by atoms with Crippen LogP contribution in [-0.2, 0) is 14.6 Å². The van der Waals surface area contributed by atoms with E-state index in [2.05, 4.69) is 0 Å². The van der Waals surface area contributed by atoms with Crippen molar-refractivity contribution in [3.05, 3.63) is 23.8 Å². The van der Waals surface area contributed by atoms with Crippen molar-refractivity contribution in [2.75, 3.05) is 25.8 Å². The molecule has 0 saturated heterocycles. The number of hydrogen-bond donors (Lipinski definition) is 1. The van der Waals surface area contributed by atoms with Gasteiger partial charge in [0.1, 0.15) is 0 Å². The first kappa shape index (κ1) is 17.4. The Morgan fingerprint density at radius 1 is 1.38 bits per heavy atom. The lowest BCUT2D eigenvalue weighted by Crippen LogP contribution is -2.34. The van der Waals surface area contributed by atoms with E-state index >= 15 is 0 Å². The standard InChI is InChI=1S/C16H21NO5S2/c1-3-20-8-16(15(17)23)13(14(16)24(18,19)4-2)10-5-6-11-12(7-10)22-9-21-11/h5-7,13-14H,3-4,8-9H2,1-2H3,(H2,17,23)/t13-,14-,16+/m0/s1. The van der Waals surface area contributed by atoms with Gasteiger partial charge in [-0.3, -0.25) is 0 Å². The molecule has 3 rings (SSSR count). The van der Waals surface area contributed by atoms with E-state index in [0.29, 0.717) is 18.1 Å². The van der Waals surface area contributed by atoms with Crippen molar-refractivity contribution in [2.45, 2.75) is 25.0 Å². The number of thiocarbonyl (C=S) groups is 1. The Morgan fingerprint density at radius 3 is 2.71 bits per heavy atom. The molecule has 1 aliphatic carbocycles. The van der Waals surface area contributed by atoms with E-state index in [4.69, 9.17) is 32.2 Å². The molecular formula is C16H21NO5S2. The summed E-state index contributed by atoms with van der Waals surface area (Å²) in [6, 6.07) is 5.45. The molecular weight excluding hydrogens is 350 g/mol. The Balaban J connectivity index is 2.04. The molecule has 1 fully saturated rings. The third kappa shape index (κ3) is 2.57. The molecule has 132 valence electrons. The fraction of sp³-hybridized carbons (Fsp3) is 0.562. The predicted octanol–water partition coefficient (Wildman–Crippen LogP) is 1.62. The average molecular weight is 371 g/mol. The fourth-order valence-electron chi connectivity index (χ4n) is 3.50. The fourth-order valence-corrected chi connectivity index (χ4v) is 5.96. The molecule has 1 aromatic carbocycles. The second-order valence-corrected chi connectivity index (χ2v) is 8.86. The molecule has 0 aromatic heterocycles. The lowest BCUT2D eigenvalue weighted by Gasteiger charge is -2.16. The van der Waals surface area contributed by atoms with Crippen LogP contribution in [0, 0.1) is 5.41 Å². The van der Waals surface area contributed by atoms with Gasteiger partial charge in [0.25, 0.3) is 0 Å². The van der Waals surface area contributed by atoms with E-state index in [9.17, 15) is 8.42 Å². The third-order valence-corrected chi connectivity index (χ3v) is 7.46. The summed E-state index contributed by atoms with van der Waals surface area (Å²) in [5.41, 5.74) is 5.95. The van der Waals surface area contributed by atoms with Gasteiger partial charge >= 0.3 is 0 Å². The van der Waals surface area contributed by atoms with Crippen LogP contribution in [0.15, 0.2) is 18.2 Å². The smallest absolute Gasteiger partial charge is 0.231 e. The summed E-state index contributed by atoms with van der Waals surface area (Å²) in [5, 5.41) is -0.667. The van der Waals surface area contributed by atoms with E-state index in [0.717, 1.165) is 5.56 Å². The number of ether oxygens (including phenoxy) is 3. The number of fused-ring (bicyclic) bond motifs is 1. The molecule has 1 heterocycles. The highest BCUT2D eigenvalue weighted by Crippen LogP contribution is 2.64.